The average Bonchev–Trinajstić information content (AvgIpc) is 2.68. The van der Waals surface area contributed by atoms with Crippen molar-refractivity contribution in [3.05, 3.63) is 46.5 Å². The number of rotatable bonds is 4. The van der Waals surface area contributed by atoms with Crippen LogP contribution < -0.4 is 4.74 Å². The molecule has 0 aliphatic rings. The van der Waals surface area contributed by atoms with Gasteiger partial charge in [-0.05, 0) is 25.1 Å². The second-order valence-corrected chi connectivity index (χ2v) is 4.44. The minimum absolute atomic E-state index is 0.0132. The van der Waals surface area contributed by atoms with Crippen molar-refractivity contribution in [2.75, 3.05) is 7.11 Å². The summed E-state index contributed by atoms with van der Waals surface area (Å²) in [6.07, 6.45) is 1.56. The molecular weight excluding hydrogens is 271 g/mol. The van der Waals surface area contributed by atoms with Crippen LogP contribution in [0, 0.1) is 12.7 Å². The number of nitrogens with zero attached hydrogens (tertiary/aromatic N) is 2. The molecule has 1 aromatic heterocycles. The second kappa shape index (κ2) is 5.40. The number of halogens is 2. The Morgan fingerprint density at radius 1 is 1.53 bits per heavy atom. The molecule has 0 radical (unpaired) electrons. The molecule has 0 saturated carbocycles. The summed E-state index contributed by atoms with van der Waals surface area (Å²) in [7, 11) is 1.37. The van der Waals surface area contributed by atoms with Gasteiger partial charge in [0.15, 0.2) is 17.3 Å². The first-order valence-corrected chi connectivity index (χ1v) is 5.95. The first-order valence-electron chi connectivity index (χ1n) is 5.57. The Morgan fingerprint density at radius 2 is 2.26 bits per heavy atom. The van der Waals surface area contributed by atoms with Crippen molar-refractivity contribution < 1.29 is 13.9 Å². The highest BCUT2D eigenvalue weighted by Crippen LogP contribution is 2.18. The molecule has 0 aliphatic heterocycles. The molecule has 0 N–H and O–H groups in total. The number of Topliss-reactive ketones (excluding diaryl/α,β-unsaturated/α-hetero) is 1. The molecule has 1 heterocycles. The summed E-state index contributed by atoms with van der Waals surface area (Å²) in [6.45, 7) is 1.76. The molecule has 0 bridgehead atoms. The van der Waals surface area contributed by atoms with Gasteiger partial charge in [-0.1, -0.05) is 11.6 Å². The Kier molecular flexibility index (Phi) is 3.85. The number of aromatic nitrogens is 2. The van der Waals surface area contributed by atoms with Crippen LogP contribution in [0.25, 0.3) is 0 Å². The Balaban J connectivity index is 2.18. The van der Waals surface area contributed by atoms with Crippen LogP contribution in [0.2, 0.25) is 5.02 Å². The zero-order valence-corrected chi connectivity index (χ0v) is 11.2. The maximum Gasteiger partial charge on any atom is 0.184 e. The Bertz CT molecular complexity index is 606. The molecule has 0 atom stereocenters. The standard InChI is InChI=1S/C13H12ClFN2O2/c1-8-10(14)6-17(16-8)7-12(18)9-3-4-13(19-2)11(15)5-9/h3-6H,7H2,1-2H3. The van der Waals surface area contributed by atoms with E-state index in [0.717, 1.165) is 6.07 Å². The molecule has 0 fully saturated rings. The van der Waals surface area contributed by atoms with E-state index in [4.69, 9.17) is 16.3 Å². The smallest absolute Gasteiger partial charge is 0.184 e. The van der Waals surface area contributed by atoms with E-state index in [0.29, 0.717) is 10.7 Å². The Hall–Kier alpha value is -1.88. The molecule has 6 heteroatoms. The molecule has 0 amide bonds. The normalized spacial score (nSPS) is 10.5. The first-order chi connectivity index (χ1) is 9.01. The van der Waals surface area contributed by atoms with E-state index >= 15 is 0 Å². The summed E-state index contributed by atoms with van der Waals surface area (Å²) in [6, 6.07) is 4.09. The fourth-order valence-electron chi connectivity index (χ4n) is 1.65. The van der Waals surface area contributed by atoms with Gasteiger partial charge in [-0.25, -0.2) is 4.39 Å². The van der Waals surface area contributed by atoms with E-state index in [9.17, 15) is 9.18 Å². The summed E-state index contributed by atoms with van der Waals surface area (Å²) < 4.78 is 19.7. The predicted octanol–water partition coefficient (Wildman–Crippen LogP) is 2.88. The van der Waals surface area contributed by atoms with Crippen molar-refractivity contribution in [3.63, 3.8) is 0 Å². The number of ketones is 1. The van der Waals surface area contributed by atoms with Crippen LogP contribution in [0.15, 0.2) is 24.4 Å². The lowest BCUT2D eigenvalue weighted by Crippen LogP contribution is -2.11. The summed E-state index contributed by atoms with van der Waals surface area (Å²) in [4.78, 5) is 12.0. The van der Waals surface area contributed by atoms with Gasteiger partial charge in [0, 0.05) is 11.8 Å². The molecule has 0 spiro atoms. The maximum atomic E-state index is 13.5. The van der Waals surface area contributed by atoms with Crippen LogP contribution in [0.5, 0.6) is 5.75 Å². The largest absolute Gasteiger partial charge is 0.494 e. The van der Waals surface area contributed by atoms with Crippen LogP contribution in [-0.2, 0) is 6.54 Å². The highest BCUT2D eigenvalue weighted by molar-refractivity contribution is 6.31. The average molecular weight is 283 g/mol. The van der Waals surface area contributed by atoms with Gasteiger partial charge < -0.3 is 4.74 Å². The number of hydrogen-bond acceptors (Lipinski definition) is 3. The molecular formula is C13H12ClFN2O2. The van der Waals surface area contributed by atoms with Crippen LogP contribution in [0.4, 0.5) is 4.39 Å². The molecule has 2 rings (SSSR count). The molecule has 0 unspecified atom stereocenters. The highest BCUT2D eigenvalue weighted by atomic mass is 35.5. The van der Waals surface area contributed by atoms with Gasteiger partial charge in [-0.2, -0.15) is 5.10 Å². The van der Waals surface area contributed by atoms with Crippen molar-refractivity contribution in [2.45, 2.75) is 13.5 Å². The van der Waals surface area contributed by atoms with Gasteiger partial charge in [0.2, 0.25) is 0 Å². The van der Waals surface area contributed by atoms with Crippen molar-refractivity contribution >= 4 is 17.4 Å². The lowest BCUT2D eigenvalue weighted by Gasteiger charge is -2.05. The van der Waals surface area contributed by atoms with Crippen LogP contribution in [0.3, 0.4) is 0 Å². The minimum atomic E-state index is -0.567. The summed E-state index contributed by atoms with van der Waals surface area (Å²) in [5.41, 5.74) is 0.915. The fraction of sp³-hybridized carbons (Fsp3) is 0.231. The maximum absolute atomic E-state index is 13.5. The topological polar surface area (TPSA) is 44.1 Å². The van der Waals surface area contributed by atoms with Crippen LogP contribution in [-0.4, -0.2) is 22.7 Å². The van der Waals surface area contributed by atoms with E-state index in [1.807, 2.05) is 0 Å². The van der Waals surface area contributed by atoms with Gasteiger partial charge in [-0.3, -0.25) is 9.48 Å². The Labute approximate surface area is 114 Å². The SMILES string of the molecule is COc1ccc(C(=O)Cn2cc(Cl)c(C)n2)cc1F. The molecule has 0 saturated heterocycles. The lowest BCUT2D eigenvalue weighted by molar-refractivity contribution is 0.0967. The summed E-state index contributed by atoms with van der Waals surface area (Å²) in [5, 5.41) is 4.57. The van der Waals surface area contributed by atoms with Gasteiger partial charge >= 0.3 is 0 Å². The van der Waals surface area contributed by atoms with Gasteiger partial charge in [0.05, 0.1) is 17.8 Å². The number of carbonyl (C=O) groups excluding carboxylic acids is 1. The highest BCUT2D eigenvalue weighted by Gasteiger charge is 2.12. The zero-order chi connectivity index (χ0) is 14.0. The van der Waals surface area contributed by atoms with Crippen LogP contribution in [0.1, 0.15) is 16.1 Å². The number of aryl methyl sites for hydroxylation is 1. The van der Waals surface area contributed by atoms with Gasteiger partial charge in [0.25, 0.3) is 0 Å². The molecule has 19 heavy (non-hydrogen) atoms. The van der Waals surface area contributed by atoms with E-state index < -0.39 is 5.82 Å². The monoisotopic (exact) mass is 282 g/mol. The minimum Gasteiger partial charge on any atom is -0.494 e. The fourth-order valence-corrected chi connectivity index (χ4v) is 1.80. The van der Waals surface area contributed by atoms with Crippen molar-refractivity contribution in [3.8, 4) is 5.75 Å². The number of carbonyl (C=O) groups is 1. The number of methoxy groups -OCH3 is 1. The summed E-state index contributed by atoms with van der Waals surface area (Å²) in [5.74, 6) is -0.710. The summed E-state index contributed by atoms with van der Waals surface area (Å²) >= 11 is 5.85. The zero-order valence-electron chi connectivity index (χ0n) is 10.5. The third-order valence-corrected chi connectivity index (χ3v) is 3.04. The van der Waals surface area contributed by atoms with Crippen molar-refractivity contribution in [2.24, 2.45) is 0 Å². The third-order valence-electron chi connectivity index (χ3n) is 2.67. The van der Waals surface area contributed by atoms with E-state index in [2.05, 4.69) is 5.10 Å². The predicted molar refractivity (Wildman–Crippen MR) is 69.3 cm³/mol. The van der Waals surface area contributed by atoms with Crippen molar-refractivity contribution in [1.82, 2.24) is 9.78 Å². The van der Waals surface area contributed by atoms with E-state index in [1.165, 1.54) is 23.9 Å². The van der Waals surface area contributed by atoms with Gasteiger partial charge in [0.1, 0.15) is 6.54 Å². The van der Waals surface area contributed by atoms with E-state index in [-0.39, 0.29) is 23.6 Å². The number of benzene rings is 1. The lowest BCUT2D eigenvalue weighted by atomic mass is 10.1. The third kappa shape index (κ3) is 2.93. The second-order valence-electron chi connectivity index (χ2n) is 4.03. The molecule has 100 valence electrons. The molecule has 2 aromatic rings. The molecule has 0 aliphatic carbocycles. The molecule has 1 aromatic carbocycles. The van der Waals surface area contributed by atoms with Crippen LogP contribution >= 0.6 is 11.6 Å². The Morgan fingerprint density at radius 3 is 2.79 bits per heavy atom. The van der Waals surface area contributed by atoms with Crippen molar-refractivity contribution in [1.29, 1.82) is 0 Å². The van der Waals surface area contributed by atoms with Gasteiger partial charge in [-0.15, -0.1) is 0 Å². The quantitative estimate of drug-likeness (QED) is 0.810. The van der Waals surface area contributed by atoms with E-state index in [1.54, 1.807) is 13.1 Å². The molecule has 4 nitrogen and oxygen atoms in total. The number of hydrogen-bond donors (Lipinski definition) is 0. The first kappa shape index (κ1) is 13.5. The number of ether oxygens (including phenoxy) is 1.